The van der Waals surface area contributed by atoms with Crippen molar-refractivity contribution in [2.75, 3.05) is 6.61 Å². The van der Waals surface area contributed by atoms with Gasteiger partial charge in [0.25, 0.3) is 0 Å². The minimum Gasteiger partial charge on any atom is -0.493 e. The summed E-state index contributed by atoms with van der Waals surface area (Å²) in [6.07, 6.45) is 3.63. The van der Waals surface area contributed by atoms with Crippen molar-refractivity contribution in [2.45, 2.75) is 12.8 Å². The zero-order valence-corrected chi connectivity index (χ0v) is 9.20. The van der Waals surface area contributed by atoms with Gasteiger partial charge in [-0.3, -0.25) is 0 Å². The SMILES string of the molecule is [CH2]C(C=C)c1cccc(OCC)c1C=C. The highest BCUT2D eigenvalue weighted by Gasteiger charge is 2.09. The number of allylic oxidation sites excluding steroid dienone is 1. The standard InChI is InChI=1S/C14H17O/c1-5-11(4)13-9-8-10-14(15-7-3)12(13)6-2/h5-6,8-11H,1-2,4,7H2,3H3. The summed E-state index contributed by atoms with van der Waals surface area (Å²) < 4.78 is 5.53. The first kappa shape index (κ1) is 11.6. The molecule has 0 N–H and O–H groups in total. The maximum absolute atomic E-state index is 5.53. The van der Waals surface area contributed by atoms with Gasteiger partial charge < -0.3 is 4.74 Å². The molecule has 1 aromatic rings. The predicted molar refractivity (Wildman–Crippen MR) is 66.0 cm³/mol. The molecular weight excluding hydrogens is 184 g/mol. The maximum Gasteiger partial charge on any atom is 0.126 e. The summed E-state index contributed by atoms with van der Waals surface area (Å²) in [6.45, 7) is 14.2. The van der Waals surface area contributed by atoms with Crippen LogP contribution in [0.4, 0.5) is 0 Å². The van der Waals surface area contributed by atoms with Crippen molar-refractivity contribution in [3.8, 4) is 5.75 Å². The molecule has 1 rings (SSSR count). The number of hydrogen-bond acceptors (Lipinski definition) is 1. The normalized spacial score (nSPS) is 11.9. The van der Waals surface area contributed by atoms with Gasteiger partial charge in [0, 0.05) is 11.5 Å². The summed E-state index contributed by atoms with van der Waals surface area (Å²) in [7, 11) is 0. The van der Waals surface area contributed by atoms with E-state index in [1.807, 2.05) is 37.3 Å². The van der Waals surface area contributed by atoms with E-state index in [1.54, 1.807) is 0 Å². The van der Waals surface area contributed by atoms with E-state index < -0.39 is 0 Å². The first-order chi connectivity index (χ1) is 7.24. The summed E-state index contributed by atoms with van der Waals surface area (Å²) in [5, 5.41) is 0. The molecule has 0 spiro atoms. The van der Waals surface area contributed by atoms with Gasteiger partial charge in [0.05, 0.1) is 6.61 Å². The summed E-state index contributed by atoms with van der Waals surface area (Å²) in [4.78, 5) is 0. The van der Waals surface area contributed by atoms with Gasteiger partial charge in [0.2, 0.25) is 0 Å². The smallest absolute Gasteiger partial charge is 0.126 e. The minimum absolute atomic E-state index is 0.0680. The van der Waals surface area contributed by atoms with E-state index in [9.17, 15) is 0 Å². The largest absolute Gasteiger partial charge is 0.493 e. The van der Waals surface area contributed by atoms with Crippen LogP contribution in [0.2, 0.25) is 0 Å². The maximum atomic E-state index is 5.53. The van der Waals surface area contributed by atoms with E-state index in [0.29, 0.717) is 6.61 Å². The molecule has 0 bridgehead atoms. The van der Waals surface area contributed by atoms with E-state index in [1.165, 1.54) is 0 Å². The average Bonchev–Trinajstić information content (AvgIpc) is 2.28. The Hall–Kier alpha value is -1.50. The molecule has 1 atom stereocenters. The van der Waals surface area contributed by atoms with Gasteiger partial charge >= 0.3 is 0 Å². The lowest BCUT2D eigenvalue weighted by Crippen LogP contribution is -1.99. The Labute approximate surface area is 92.1 Å². The van der Waals surface area contributed by atoms with Gasteiger partial charge in [-0.15, -0.1) is 6.58 Å². The minimum atomic E-state index is 0.0680. The van der Waals surface area contributed by atoms with E-state index >= 15 is 0 Å². The second kappa shape index (κ2) is 5.40. The zero-order chi connectivity index (χ0) is 11.3. The Kier molecular flexibility index (Phi) is 4.17. The van der Waals surface area contributed by atoms with E-state index in [-0.39, 0.29) is 5.92 Å². The fourth-order valence-electron chi connectivity index (χ4n) is 1.51. The second-order valence-electron chi connectivity index (χ2n) is 3.24. The van der Waals surface area contributed by atoms with Crippen LogP contribution in [-0.2, 0) is 0 Å². The van der Waals surface area contributed by atoms with Crippen LogP contribution in [0.1, 0.15) is 24.0 Å². The second-order valence-corrected chi connectivity index (χ2v) is 3.24. The van der Waals surface area contributed by atoms with Crippen LogP contribution in [0.15, 0.2) is 37.4 Å². The molecule has 0 aliphatic carbocycles. The highest BCUT2D eigenvalue weighted by molar-refractivity contribution is 5.61. The first-order valence-corrected chi connectivity index (χ1v) is 5.08. The third-order valence-electron chi connectivity index (χ3n) is 2.29. The highest BCUT2D eigenvalue weighted by atomic mass is 16.5. The van der Waals surface area contributed by atoms with Crippen molar-refractivity contribution in [1.29, 1.82) is 0 Å². The monoisotopic (exact) mass is 201 g/mol. The van der Waals surface area contributed by atoms with Crippen molar-refractivity contribution < 1.29 is 4.74 Å². The van der Waals surface area contributed by atoms with Gasteiger partial charge in [-0.2, -0.15) is 0 Å². The average molecular weight is 201 g/mol. The van der Waals surface area contributed by atoms with Crippen LogP contribution in [0.25, 0.3) is 6.08 Å². The lowest BCUT2D eigenvalue weighted by atomic mass is 9.95. The van der Waals surface area contributed by atoms with Crippen molar-refractivity contribution in [1.82, 2.24) is 0 Å². The van der Waals surface area contributed by atoms with Crippen LogP contribution in [-0.4, -0.2) is 6.61 Å². The Bertz CT molecular complexity index is 352. The molecule has 1 aromatic carbocycles. The lowest BCUT2D eigenvalue weighted by Gasteiger charge is -2.14. The van der Waals surface area contributed by atoms with Gasteiger partial charge in [-0.05, 0) is 25.5 Å². The molecule has 0 fully saturated rings. The summed E-state index contributed by atoms with van der Waals surface area (Å²) in [5.41, 5.74) is 2.12. The van der Waals surface area contributed by atoms with Crippen LogP contribution in [0.3, 0.4) is 0 Å². The molecule has 1 radical (unpaired) electrons. The van der Waals surface area contributed by atoms with E-state index in [4.69, 9.17) is 4.74 Å². The summed E-state index contributed by atoms with van der Waals surface area (Å²) in [5.74, 6) is 0.930. The molecule has 1 unspecified atom stereocenters. The van der Waals surface area contributed by atoms with Crippen molar-refractivity contribution in [3.05, 3.63) is 55.5 Å². The molecule has 0 heterocycles. The Balaban J connectivity index is 3.20. The highest BCUT2D eigenvalue weighted by Crippen LogP contribution is 2.29. The third-order valence-corrected chi connectivity index (χ3v) is 2.29. The van der Waals surface area contributed by atoms with E-state index in [2.05, 4.69) is 20.1 Å². The molecule has 0 aliphatic rings. The molecule has 1 nitrogen and oxygen atoms in total. The van der Waals surface area contributed by atoms with Gasteiger partial charge in [0.1, 0.15) is 5.75 Å². The number of rotatable bonds is 5. The number of benzene rings is 1. The fraction of sp³-hybridized carbons (Fsp3) is 0.214. The van der Waals surface area contributed by atoms with Gasteiger partial charge in [-0.25, -0.2) is 0 Å². The molecule has 1 heteroatoms. The number of hydrogen-bond donors (Lipinski definition) is 0. The van der Waals surface area contributed by atoms with Crippen molar-refractivity contribution in [2.24, 2.45) is 0 Å². The van der Waals surface area contributed by atoms with Crippen LogP contribution in [0, 0.1) is 6.92 Å². The quantitative estimate of drug-likeness (QED) is 0.658. The Morgan fingerprint density at radius 3 is 2.67 bits per heavy atom. The van der Waals surface area contributed by atoms with Crippen LogP contribution < -0.4 is 4.74 Å². The number of ether oxygens (including phenoxy) is 1. The van der Waals surface area contributed by atoms with Crippen LogP contribution in [0.5, 0.6) is 5.75 Å². The predicted octanol–water partition coefficient (Wildman–Crippen LogP) is 3.83. The molecule has 0 saturated heterocycles. The molecule has 0 aromatic heterocycles. The summed E-state index contributed by atoms with van der Waals surface area (Å²) in [6, 6.07) is 5.94. The molecule has 79 valence electrons. The molecule has 0 saturated carbocycles. The van der Waals surface area contributed by atoms with Crippen LogP contribution >= 0.6 is 0 Å². The zero-order valence-electron chi connectivity index (χ0n) is 9.20. The molecule has 0 amide bonds. The van der Waals surface area contributed by atoms with Crippen molar-refractivity contribution in [3.63, 3.8) is 0 Å². The Morgan fingerprint density at radius 2 is 2.13 bits per heavy atom. The Morgan fingerprint density at radius 1 is 1.40 bits per heavy atom. The van der Waals surface area contributed by atoms with E-state index in [0.717, 1.165) is 16.9 Å². The lowest BCUT2D eigenvalue weighted by molar-refractivity contribution is 0.339. The molecule has 0 aliphatic heterocycles. The molecule has 15 heavy (non-hydrogen) atoms. The topological polar surface area (TPSA) is 9.23 Å². The molecular formula is C14H17O. The van der Waals surface area contributed by atoms with Gasteiger partial charge in [0.15, 0.2) is 0 Å². The van der Waals surface area contributed by atoms with Crippen molar-refractivity contribution >= 4 is 6.08 Å². The van der Waals surface area contributed by atoms with Gasteiger partial charge in [-0.1, -0.05) is 30.9 Å². The third kappa shape index (κ3) is 2.50. The summed E-state index contributed by atoms with van der Waals surface area (Å²) >= 11 is 0. The fourth-order valence-corrected chi connectivity index (χ4v) is 1.51. The first-order valence-electron chi connectivity index (χ1n) is 5.08.